The van der Waals surface area contributed by atoms with E-state index in [9.17, 15) is 8.78 Å². The van der Waals surface area contributed by atoms with Crippen LogP contribution in [0.3, 0.4) is 0 Å². The van der Waals surface area contributed by atoms with Crippen molar-refractivity contribution in [2.75, 3.05) is 18.1 Å². The average Bonchev–Trinajstić information content (AvgIpc) is 1.97. The first-order valence-corrected chi connectivity index (χ1v) is 4.91. The van der Waals surface area contributed by atoms with E-state index in [1.165, 1.54) is 0 Å². The molecule has 0 fully saturated rings. The summed E-state index contributed by atoms with van der Waals surface area (Å²) in [5, 5.41) is 2.75. The molecule has 0 bridgehead atoms. The van der Waals surface area contributed by atoms with Gasteiger partial charge in [-0.1, -0.05) is 6.92 Å². The summed E-state index contributed by atoms with van der Waals surface area (Å²) in [4.78, 5) is 0. The molecule has 1 atom stereocenters. The van der Waals surface area contributed by atoms with E-state index in [1.54, 1.807) is 11.8 Å². The molecule has 0 saturated heterocycles. The standard InChI is InChI=1S/C7H15F2NS/c1-3-11-5-6(2)10-4-7(8)9/h6-7,10H,3-5H2,1-2H3. The van der Waals surface area contributed by atoms with E-state index in [1.807, 2.05) is 6.92 Å². The summed E-state index contributed by atoms with van der Waals surface area (Å²) in [5.41, 5.74) is 0. The Bertz CT molecular complexity index is 90.5. The molecule has 1 nitrogen and oxygen atoms in total. The Balaban J connectivity index is 3.15. The summed E-state index contributed by atoms with van der Waals surface area (Å²) in [6.07, 6.45) is -2.23. The normalized spacial score (nSPS) is 13.9. The minimum Gasteiger partial charge on any atom is -0.308 e. The van der Waals surface area contributed by atoms with Crippen molar-refractivity contribution in [1.82, 2.24) is 5.32 Å². The van der Waals surface area contributed by atoms with Crippen LogP contribution in [0.5, 0.6) is 0 Å². The average molecular weight is 183 g/mol. The van der Waals surface area contributed by atoms with E-state index < -0.39 is 6.43 Å². The van der Waals surface area contributed by atoms with Crippen molar-refractivity contribution in [3.63, 3.8) is 0 Å². The number of thioether (sulfide) groups is 1. The maximum absolute atomic E-state index is 11.6. The highest BCUT2D eigenvalue weighted by Crippen LogP contribution is 2.01. The number of halogens is 2. The molecule has 1 unspecified atom stereocenters. The molecule has 68 valence electrons. The highest BCUT2D eigenvalue weighted by atomic mass is 32.2. The number of rotatable bonds is 6. The SMILES string of the molecule is CCSCC(C)NCC(F)F. The van der Waals surface area contributed by atoms with E-state index >= 15 is 0 Å². The van der Waals surface area contributed by atoms with E-state index in [2.05, 4.69) is 12.2 Å². The second-order valence-corrected chi connectivity index (χ2v) is 3.68. The van der Waals surface area contributed by atoms with E-state index in [0.29, 0.717) is 0 Å². The molecule has 1 N–H and O–H groups in total. The van der Waals surface area contributed by atoms with Gasteiger partial charge in [-0.25, -0.2) is 8.78 Å². The van der Waals surface area contributed by atoms with Crippen LogP contribution >= 0.6 is 11.8 Å². The lowest BCUT2D eigenvalue weighted by Gasteiger charge is -2.11. The van der Waals surface area contributed by atoms with Crippen LogP contribution in [0, 0.1) is 0 Å². The zero-order chi connectivity index (χ0) is 8.69. The Labute approximate surface area is 70.9 Å². The summed E-state index contributed by atoms with van der Waals surface area (Å²) in [5.74, 6) is 1.95. The van der Waals surface area contributed by atoms with Crippen molar-refractivity contribution in [1.29, 1.82) is 0 Å². The predicted octanol–water partition coefficient (Wildman–Crippen LogP) is 1.98. The van der Waals surface area contributed by atoms with Crippen LogP contribution in [-0.4, -0.2) is 30.5 Å². The number of hydrogen-bond acceptors (Lipinski definition) is 2. The van der Waals surface area contributed by atoms with Crippen LogP contribution < -0.4 is 5.32 Å². The molecule has 0 radical (unpaired) electrons. The fourth-order valence-corrected chi connectivity index (χ4v) is 1.35. The largest absolute Gasteiger partial charge is 0.308 e. The predicted molar refractivity (Wildman–Crippen MR) is 46.5 cm³/mol. The van der Waals surface area contributed by atoms with Gasteiger partial charge < -0.3 is 5.32 Å². The first-order valence-electron chi connectivity index (χ1n) is 3.76. The third kappa shape index (κ3) is 8.07. The molecule has 0 saturated carbocycles. The molecule has 0 aromatic carbocycles. The van der Waals surface area contributed by atoms with Crippen LogP contribution in [0.25, 0.3) is 0 Å². The molecule has 0 aliphatic heterocycles. The Hall–Kier alpha value is 0.170. The first-order chi connectivity index (χ1) is 5.16. The monoisotopic (exact) mass is 183 g/mol. The third-order valence-electron chi connectivity index (χ3n) is 1.19. The summed E-state index contributed by atoms with van der Waals surface area (Å²) >= 11 is 1.76. The maximum atomic E-state index is 11.6. The molecular weight excluding hydrogens is 168 g/mol. The van der Waals surface area contributed by atoms with Gasteiger partial charge in [-0.05, 0) is 12.7 Å². The van der Waals surface area contributed by atoms with Gasteiger partial charge in [-0.15, -0.1) is 0 Å². The molecule has 0 amide bonds. The summed E-state index contributed by atoms with van der Waals surface area (Å²) in [7, 11) is 0. The van der Waals surface area contributed by atoms with Crippen LogP contribution in [-0.2, 0) is 0 Å². The van der Waals surface area contributed by atoms with Crippen molar-refractivity contribution in [3.05, 3.63) is 0 Å². The summed E-state index contributed by atoms with van der Waals surface area (Å²) in [6.45, 7) is 3.79. The molecule has 0 rings (SSSR count). The van der Waals surface area contributed by atoms with Crippen molar-refractivity contribution in [3.8, 4) is 0 Å². The molecule has 0 heterocycles. The van der Waals surface area contributed by atoms with Gasteiger partial charge in [0.15, 0.2) is 0 Å². The molecule has 4 heteroatoms. The fraction of sp³-hybridized carbons (Fsp3) is 1.00. The molecule has 0 aliphatic rings. The zero-order valence-corrected chi connectivity index (χ0v) is 7.76. The number of nitrogens with one attached hydrogen (secondary N) is 1. The fourth-order valence-electron chi connectivity index (χ4n) is 0.644. The second-order valence-electron chi connectivity index (χ2n) is 2.36. The topological polar surface area (TPSA) is 12.0 Å². The van der Waals surface area contributed by atoms with Gasteiger partial charge in [0.2, 0.25) is 0 Å². The summed E-state index contributed by atoms with van der Waals surface area (Å²) < 4.78 is 23.3. The van der Waals surface area contributed by atoms with Crippen LogP contribution in [0.15, 0.2) is 0 Å². The quantitative estimate of drug-likeness (QED) is 0.675. The van der Waals surface area contributed by atoms with Gasteiger partial charge in [0.1, 0.15) is 0 Å². The van der Waals surface area contributed by atoms with Crippen molar-refractivity contribution in [2.24, 2.45) is 0 Å². The Morgan fingerprint density at radius 1 is 1.45 bits per heavy atom. The maximum Gasteiger partial charge on any atom is 0.250 e. The molecule has 0 aliphatic carbocycles. The van der Waals surface area contributed by atoms with Crippen LogP contribution in [0.4, 0.5) is 8.78 Å². The number of hydrogen-bond donors (Lipinski definition) is 1. The van der Waals surface area contributed by atoms with Crippen LogP contribution in [0.1, 0.15) is 13.8 Å². The lowest BCUT2D eigenvalue weighted by atomic mass is 10.4. The highest BCUT2D eigenvalue weighted by molar-refractivity contribution is 7.99. The lowest BCUT2D eigenvalue weighted by molar-refractivity contribution is 0.143. The van der Waals surface area contributed by atoms with Gasteiger partial charge in [0.25, 0.3) is 6.43 Å². The zero-order valence-electron chi connectivity index (χ0n) is 6.94. The highest BCUT2D eigenvalue weighted by Gasteiger charge is 2.05. The molecular formula is C7H15F2NS. The van der Waals surface area contributed by atoms with Crippen molar-refractivity contribution in [2.45, 2.75) is 26.3 Å². The van der Waals surface area contributed by atoms with Crippen LogP contribution in [0.2, 0.25) is 0 Å². The van der Waals surface area contributed by atoms with Crippen molar-refractivity contribution < 1.29 is 8.78 Å². The third-order valence-corrected chi connectivity index (χ3v) is 2.34. The molecule has 0 aromatic heterocycles. The Morgan fingerprint density at radius 2 is 2.09 bits per heavy atom. The Morgan fingerprint density at radius 3 is 2.55 bits per heavy atom. The van der Waals surface area contributed by atoms with Gasteiger partial charge in [-0.3, -0.25) is 0 Å². The first kappa shape index (κ1) is 11.2. The lowest BCUT2D eigenvalue weighted by Crippen LogP contribution is -2.32. The van der Waals surface area contributed by atoms with Gasteiger partial charge in [-0.2, -0.15) is 11.8 Å². The molecule has 0 spiro atoms. The van der Waals surface area contributed by atoms with Crippen molar-refractivity contribution >= 4 is 11.8 Å². The van der Waals surface area contributed by atoms with E-state index in [0.717, 1.165) is 11.5 Å². The van der Waals surface area contributed by atoms with E-state index in [-0.39, 0.29) is 12.6 Å². The second kappa shape index (κ2) is 6.85. The molecule has 0 aromatic rings. The van der Waals surface area contributed by atoms with Gasteiger partial charge in [0, 0.05) is 11.8 Å². The van der Waals surface area contributed by atoms with Gasteiger partial charge >= 0.3 is 0 Å². The summed E-state index contributed by atoms with van der Waals surface area (Å²) in [6, 6.07) is 0.189. The van der Waals surface area contributed by atoms with E-state index in [4.69, 9.17) is 0 Å². The molecule has 11 heavy (non-hydrogen) atoms. The Kier molecular flexibility index (Phi) is 6.96. The number of alkyl halides is 2. The smallest absolute Gasteiger partial charge is 0.250 e. The minimum absolute atomic E-state index is 0.189. The minimum atomic E-state index is -2.23. The van der Waals surface area contributed by atoms with Gasteiger partial charge in [0.05, 0.1) is 6.54 Å².